The van der Waals surface area contributed by atoms with Crippen molar-refractivity contribution in [2.45, 2.75) is 0 Å². The maximum Gasteiger partial charge on any atom is 0.196 e. The fraction of sp³-hybridized carbons (Fsp3) is 0.0870. The smallest absolute Gasteiger partial charge is 0.196 e. The molecule has 4 rings (SSSR count). The van der Waals surface area contributed by atoms with Gasteiger partial charge in [-0.15, -0.1) is 0 Å². The first-order valence-corrected chi connectivity index (χ1v) is 8.47. The van der Waals surface area contributed by atoms with E-state index in [1.807, 2.05) is 78.9 Å². The minimum atomic E-state index is -0.00469. The number of para-hydroxylation sites is 1. The van der Waals surface area contributed by atoms with Crippen molar-refractivity contribution < 1.29 is 14.3 Å². The van der Waals surface area contributed by atoms with Crippen LogP contribution in [0.3, 0.4) is 0 Å². The minimum Gasteiger partial charge on any atom is -0.496 e. The maximum absolute atomic E-state index is 13.0. The molecule has 0 aliphatic carbocycles. The second kappa shape index (κ2) is 6.89. The van der Waals surface area contributed by atoms with Gasteiger partial charge in [0, 0.05) is 11.1 Å². The molecule has 128 valence electrons. The normalized spacial score (nSPS) is 14.7. The molecule has 3 heteroatoms. The molecule has 1 aliphatic heterocycles. The number of benzene rings is 3. The number of carbonyl (C=O) groups excluding carboxylic acids is 1. The van der Waals surface area contributed by atoms with Crippen molar-refractivity contribution in [2.24, 2.45) is 0 Å². The van der Waals surface area contributed by atoms with Crippen molar-refractivity contribution in [1.29, 1.82) is 0 Å². The van der Waals surface area contributed by atoms with Crippen molar-refractivity contribution in [3.05, 3.63) is 89.5 Å². The van der Waals surface area contributed by atoms with Crippen LogP contribution in [-0.2, 0) is 0 Å². The van der Waals surface area contributed by atoms with Gasteiger partial charge in [0.15, 0.2) is 5.78 Å². The van der Waals surface area contributed by atoms with Gasteiger partial charge >= 0.3 is 0 Å². The summed E-state index contributed by atoms with van der Waals surface area (Å²) in [5.74, 6) is 1.36. The third-order valence-electron chi connectivity index (χ3n) is 4.47. The van der Waals surface area contributed by atoms with E-state index >= 15 is 0 Å². The Bertz CT molecular complexity index is 987. The Kier molecular flexibility index (Phi) is 4.28. The molecule has 3 aromatic rings. The molecule has 0 unspecified atom stereocenters. The number of ether oxygens (including phenoxy) is 2. The molecule has 0 aromatic heterocycles. The van der Waals surface area contributed by atoms with Crippen LogP contribution in [0.1, 0.15) is 15.9 Å². The predicted octanol–water partition coefficient (Wildman–Crippen LogP) is 5.02. The Morgan fingerprint density at radius 1 is 0.923 bits per heavy atom. The van der Waals surface area contributed by atoms with Crippen LogP contribution in [0, 0.1) is 0 Å². The zero-order chi connectivity index (χ0) is 17.9. The Labute approximate surface area is 152 Å². The van der Waals surface area contributed by atoms with Crippen molar-refractivity contribution in [3.8, 4) is 22.6 Å². The summed E-state index contributed by atoms with van der Waals surface area (Å²) in [4.78, 5) is 13.0. The van der Waals surface area contributed by atoms with Crippen LogP contribution in [-0.4, -0.2) is 19.5 Å². The van der Waals surface area contributed by atoms with Gasteiger partial charge in [0.2, 0.25) is 0 Å². The van der Waals surface area contributed by atoms with Crippen LogP contribution < -0.4 is 9.47 Å². The van der Waals surface area contributed by atoms with E-state index in [2.05, 4.69) is 0 Å². The van der Waals surface area contributed by atoms with E-state index in [0.29, 0.717) is 16.9 Å². The maximum atomic E-state index is 13.0. The van der Waals surface area contributed by atoms with Crippen LogP contribution in [0.2, 0.25) is 0 Å². The minimum absolute atomic E-state index is 0.00469. The van der Waals surface area contributed by atoms with Crippen LogP contribution in [0.5, 0.6) is 11.5 Å². The molecule has 0 radical (unpaired) electrons. The summed E-state index contributed by atoms with van der Waals surface area (Å²) in [6.07, 6.45) is 1.85. The molecule has 0 saturated heterocycles. The van der Waals surface area contributed by atoms with Crippen LogP contribution in [0.15, 0.2) is 78.4 Å². The summed E-state index contributed by atoms with van der Waals surface area (Å²) >= 11 is 0. The van der Waals surface area contributed by atoms with Gasteiger partial charge in [0.25, 0.3) is 0 Å². The van der Waals surface area contributed by atoms with Crippen molar-refractivity contribution in [2.75, 3.05) is 13.7 Å². The van der Waals surface area contributed by atoms with Gasteiger partial charge in [0.1, 0.15) is 18.1 Å². The number of ketones is 1. The van der Waals surface area contributed by atoms with Crippen molar-refractivity contribution >= 4 is 11.9 Å². The second-order valence-electron chi connectivity index (χ2n) is 6.11. The summed E-state index contributed by atoms with van der Waals surface area (Å²) in [6.45, 7) is 0.258. The first kappa shape index (κ1) is 16.2. The van der Waals surface area contributed by atoms with Crippen molar-refractivity contribution in [3.63, 3.8) is 0 Å². The van der Waals surface area contributed by atoms with Gasteiger partial charge in [-0.05, 0) is 35.4 Å². The number of rotatable bonds is 3. The average molecular weight is 342 g/mol. The van der Waals surface area contributed by atoms with Gasteiger partial charge in [-0.3, -0.25) is 4.79 Å². The number of hydrogen-bond donors (Lipinski definition) is 0. The highest BCUT2D eigenvalue weighted by Crippen LogP contribution is 2.33. The lowest BCUT2D eigenvalue weighted by molar-refractivity contribution is 0.100. The van der Waals surface area contributed by atoms with E-state index < -0.39 is 0 Å². The van der Waals surface area contributed by atoms with Gasteiger partial charge in [-0.1, -0.05) is 54.6 Å². The fourth-order valence-electron chi connectivity index (χ4n) is 3.12. The Hall–Kier alpha value is -3.33. The number of carbonyl (C=O) groups is 1. The van der Waals surface area contributed by atoms with Crippen LogP contribution in [0.25, 0.3) is 17.2 Å². The van der Waals surface area contributed by atoms with Gasteiger partial charge < -0.3 is 9.47 Å². The van der Waals surface area contributed by atoms with E-state index in [9.17, 15) is 4.79 Å². The van der Waals surface area contributed by atoms with E-state index in [4.69, 9.17) is 9.47 Å². The van der Waals surface area contributed by atoms with Gasteiger partial charge in [0.05, 0.1) is 12.7 Å². The summed E-state index contributed by atoms with van der Waals surface area (Å²) in [5.41, 5.74) is 4.15. The lowest BCUT2D eigenvalue weighted by atomic mass is 9.94. The highest BCUT2D eigenvalue weighted by molar-refractivity contribution is 6.14. The van der Waals surface area contributed by atoms with Crippen LogP contribution >= 0.6 is 0 Å². The molecule has 3 nitrogen and oxygen atoms in total. The zero-order valence-corrected chi connectivity index (χ0v) is 14.4. The number of Topliss-reactive ketones (excluding diaryl/α,β-unsaturated/α-hetero) is 1. The standard InChI is InChI=1S/C23H18O3/c1-25-21-10-6-5-9-18(21)13-19-15-26-22-12-11-17(14-20(22)23(19)24)16-7-3-2-4-8-16/h2-14H,15H2,1H3/b19-13+. The zero-order valence-electron chi connectivity index (χ0n) is 14.4. The molecule has 0 spiro atoms. The molecule has 0 atom stereocenters. The summed E-state index contributed by atoms with van der Waals surface area (Å²) in [5, 5.41) is 0. The molecule has 26 heavy (non-hydrogen) atoms. The quantitative estimate of drug-likeness (QED) is 0.627. The van der Waals surface area contributed by atoms with Crippen LogP contribution in [0.4, 0.5) is 0 Å². The molecular formula is C23H18O3. The van der Waals surface area contributed by atoms with E-state index in [1.54, 1.807) is 7.11 Å². The first-order valence-electron chi connectivity index (χ1n) is 8.47. The topological polar surface area (TPSA) is 35.5 Å². The molecule has 3 aromatic carbocycles. The lowest BCUT2D eigenvalue weighted by Crippen LogP contribution is -2.19. The summed E-state index contributed by atoms with van der Waals surface area (Å²) < 4.78 is 11.2. The van der Waals surface area contributed by atoms with Gasteiger partial charge in [-0.25, -0.2) is 0 Å². The highest BCUT2D eigenvalue weighted by atomic mass is 16.5. The molecule has 0 saturated carbocycles. The predicted molar refractivity (Wildman–Crippen MR) is 103 cm³/mol. The third kappa shape index (κ3) is 3.00. The number of hydrogen-bond acceptors (Lipinski definition) is 3. The molecule has 1 aliphatic rings. The molecule has 0 N–H and O–H groups in total. The summed E-state index contributed by atoms with van der Waals surface area (Å²) in [7, 11) is 1.62. The monoisotopic (exact) mass is 342 g/mol. The molecular weight excluding hydrogens is 324 g/mol. The largest absolute Gasteiger partial charge is 0.496 e. The average Bonchev–Trinajstić information content (AvgIpc) is 2.71. The highest BCUT2D eigenvalue weighted by Gasteiger charge is 2.24. The molecule has 1 heterocycles. The lowest BCUT2D eigenvalue weighted by Gasteiger charge is -2.20. The third-order valence-corrected chi connectivity index (χ3v) is 4.47. The SMILES string of the molecule is COc1ccccc1/C=C1\COc2ccc(-c3ccccc3)cc2C1=O. The Balaban J connectivity index is 1.73. The van der Waals surface area contributed by atoms with E-state index in [1.165, 1.54) is 0 Å². The van der Waals surface area contributed by atoms with Crippen molar-refractivity contribution in [1.82, 2.24) is 0 Å². The Morgan fingerprint density at radius 2 is 1.69 bits per heavy atom. The van der Waals surface area contributed by atoms with Gasteiger partial charge in [-0.2, -0.15) is 0 Å². The Morgan fingerprint density at radius 3 is 2.50 bits per heavy atom. The molecule has 0 bridgehead atoms. The number of fused-ring (bicyclic) bond motifs is 1. The first-order chi connectivity index (χ1) is 12.8. The van der Waals surface area contributed by atoms with E-state index in [0.717, 1.165) is 22.4 Å². The number of methoxy groups -OCH3 is 1. The fourth-order valence-corrected chi connectivity index (χ4v) is 3.12. The summed E-state index contributed by atoms with van der Waals surface area (Å²) in [6, 6.07) is 23.4. The molecule has 0 fully saturated rings. The van der Waals surface area contributed by atoms with E-state index in [-0.39, 0.29) is 12.4 Å². The molecule has 0 amide bonds. The second-order valence-corrected chi connectivity index (χ2v) is 6.11.